The third kappa shape index (κ3) is 4.75. The van der Waals surface area contributed by atoms with Gasteiger partial charge < -0.3 is 9.47 Å². The maximum Gasteiger partial charge on any atom is 0.283 e. The van der Waals surface area contributed by atoms with E-state index in [-0.39, 0.29) is 17.3 Å². The minimum Gasteiger partial charge on any atom is -0.490 e. The Labute approximate surface area is 191 Å². The number of hydrogen-bond acceptors (Lipinski definition) is 6. The number of carbonyl (C=O) groups is 1. The Morgan fingerprint density at radius 1 is 1.12 bits per heavy atom. The van der Waals surface area contributed by atoms with Crippen molar-refractivity contribution in [3.05, 3.63) is 65.2 Å². The number of carbonyl (C=O) groups excluding carboxylic acids is 1. The third-order valence-corrected chi connectivity index (χ3v) is 6.05. The molecule has 0 bridgehead atoms. The molecule has 2 aliphatic heterocycles. The lowest BCUT2D eigenvalue weighted by Crippen LogP contribution is -2.35. The first-order valence-corrected chi connectivity index (χ1v) is 11.2. The van der Waals surface area contributed by atoms with Crippen LogP contribution in [0, 0.1) is 18.3 Å². The van der Waals surface area contributed by atoms with Crippen molar-refractivity contribution < 1.29 is 14.3 Å². The number of thioether (sulfide) groups is 1. The molecule has 0 fully saturated rings. The first kappa shape index (κ1) is 21.8. The number of amides is 1. The second-order valence-corrected chi connectivity index (χ2v) is 8.64. The highest BCUT2D eigenvalue weighted by Gasteiger charge is 2.36. The quantitative estimate of drug-likeness (QED) is 0.489. The van der Waals surface area contributed by atoms with Gasteiger partial charge in [0, 0.05) is 5.92 Å². The summed E-state index contributed by atoms with van der Waals surface area (Å²) in [5.74, 6) is 1.29. The molecule has 0 saturated heterocycles. The minimum absolute atomic E-state index is 0.0288. The highest BCUT2D eigenvalue weighted by Crippen LogP contribution is 2.31. The van der Waals surface area contributed by atoms with Crippen molar-refractivity contribution in [2.75, 3.05) is 13.2 Å². The van der Waals surface area contributed by atoms with E-state index in [4.69, 9.17) is 14.9 Å². The SMILES string of the molecule is Cc1ccccc1OCCOc1cccc(/C=C2\C(=N)N3N=C(C(C)C)SC3=NC2=O)c1. The zero-order valence-corrected chi connectivity index (χ0v) is 19.0. The number of benzene rings is 2. The molecule has 8 heteroatoms. The second kappa shape index (κ2) is 9.40. The first-order valence-electron chi connectivity index (χ1n) is 10.3. The number of amidine groups is 2. The van der Waals surface area contributed by atoms with Crippen LogP contribution in [0.5, 0.6) is 11.5 Å². The third-order valence-electron chi connectivity index (χ3n) is 4.84. The van der Waals surface area contributed by atoms with Gasteiger partial charge in [0.05, 0.1) is 5.57 Å². The van der Waals surface area contributed by atoms with Gasteiger partial charge in [0.2, 0.25) is 5.17 Å². The molecule has 2 heterocycles. The molecule has 2 aromatic rings. The Bertz CT molecular complexity index is 1150. The number of aliphatic imine (C=N–C) groups is 1. The highest BCUT2D eigenvalue weighted by molar-refractivity contribution is 8.27. The van der Waals surface area contributed by atoms with Gasteiger partial charge in [0.1, 0.15) is 29.8 Å². The molecule has 1 amide bonds. The number of nitrogens with one attached hydrogen (secondary N) is 1. The van der Waals surface area contributed by atoms with Crippen molar-refractivity contribution in [2.45, 2.75) is 20.8 Å². The fraction of sp³-hybridized carbons (Fsp3) is 0.250. The summed E-state index contributed by atoms with van der Waals surface area (Å²) in [6.45, 7) is 6.84. The molecule has 0 unspecified atom stereocenters. The van der Waals surface area contributed by atoms with Gasteiger partial charge in [-0.15, -0.1) is 0 Å². The Balaban J connectivity index is 1.42. The van der Waals surface area contributed by atoms with Crippen LogP contribution < -0.4 is 9.47 Å². The van der Waals surface area contributed by atoms with Crippen molar-refractivity contribution in [3.63, 3.8) is 0 Å². The maximum atomic E-state index is 12.6. The second-order valence-electron chi connectivity index (χ2n) is 7.65. The summed E-state index contributed by atoms with van der Waals surface area (Å²) in [6, 6.07) is 15.2. The van der Waals surface area contributed by atoms with Crippen LogP contribution in [0.4, 0.5) is 0 Å². The normalized spacial score (nSPS) is 16.9. The first-order chi connectivity index (χ1) is 15.4. The monoisotopic (exact) mass is 448 g/mol. The Hall–Kier alpha value is -3.39. The average Bonchev–Trinajstić information content (AvgIpc) is 3.20. The van der Waals surface area contributed by atoms with Crippen LogP contribution in [0.25, 0.3) is 6.08 Å². The standard InChI is InChI=1S/C24H24N4O3S/c1-15(2)23-27-28-21(25)19(22(29)26-24(28)32-23)14-17-8-6-9-18(13-17)30-11-12-31-20-10-5-4-7-16(20)3/h4-10,13-15,25H,11-12H2,1-3H3/b19-14+,25-21?. The van der Waals surface area contributed by atoms with Crippen molar-refractivity contribution in [3.8, 4) is 11.5 Å². The van der Waals surface area contributed by atoms with Crippen LogP contribution >= 0.6 is 11.8 Å². The highest BCUT2D eigenvalue weighted by atomic mass is 32.2. The molecule has 0 spiro atoms. The predicted octanol–water partition coefficient (Wildman–Crippen LogP) is 4.73. The van der Waals surface area contributed by atoms with Crippen molar-refractivity contribution >= 4 is 39.8 Å². The smallest absolute Gasteiger partial charge is 0.283 e. The van der Waals surface area contributed by atoms with Gasteiger partial charge in [-0.05, 0) is 54.1 Å². The van der Waals surface area contributed by atoms with Gasteiger partial charge in [-0.1, -0.05) is 44.2 Å². The summed E-state index contributed by atoms with van der Waals surface area (Å²) < 4.78 is 11.6. The van der Waals surface area contributed by atoms with Gasteiger partial charge in [-0.2, -0.15) is 15.1 Å². The van der Waals surface area contributed by atoms with Gasteiger partial charge in [0.25, 0.3) is 5.91 Å². The molecule has 1 N–H and O–H groups in total. The van der Waals surface area contributed by atoms with Crippen LogP contribution in [0.15, 0.2) is 64.2 Å². The van der Waals surface area contributed by atoms with Gasteiger partial charge in [-0.25, -0.2) is 0 Å². The van der Waals surface area contributed by atoms with Crippen molar-refractivity contribution in [1.82, 2.24) is 5.01 Å². The van der Waals surface area contributed by atoms with E-state index >= 15 is 0 Å². The molecule has 7 nitrogen and oxygen atoms in total. The van der Waals surface area contributed by atoms with E-state index in [1.807, 2.05) is 69.3 Å². The average molecular weight is 449 g/mol. The Morgan fingerprint density at radius 3 is 2.69 bits per heavy atom. The number of para-hydroxylation sites is 1. The number of nitrogens with zero attached hydrogens (tertiary/aromatic N) is 3. The minimum atomic E-state index is -0.438. The lowest BCUT2D eigenvalue weighted by Gasteiger charge is -2.20. The van der Waals surface area contributed by atoms with E-state index in [2.05, 4.69) is 10.1 Å². The Kier molecular flexibility index (Phi) is 6.41. The Morgan fingerprint density at radius 2 is 1.91 bits per heavy atom. The summed E-state index contributed by atoms with van der Waals surface area (Å²) in [7, 11) is 0. The molecule has 2 aliphatic rings. The number of ether oxygens (including phenoxy) is 2. The van der Waals surface area contributed by atoms with E-state index in [0.29, 0.717) is 24.1 Å². The number of fused-ring (bicyclic) bond motifs is 1. The molecule has 0 aromatic heterocycles. The molecule has 4 rings (SSSR count). The summed E-state index contributed by atoms with van der Waals surface area (Å²) >= 11 is 1.34. The van der Waals surface area contributed by atoms with E-state index < -0.39 is 5.91 Å². The number of hydrazone groups is 1. The lowest BCUT2D eigenvalue weighted by molar-refractivity contribution is -0.114. The maximum absolute atomic E-state index is 12.6. The molecule has 0 saturated carbocycles. The zero-order valence-electron chi connectivity index (χ0n) is 18.2. The van der Waals surface area contributed by atoms with E-state index in [9.17, 15) is 4.79 Å². The zero-order chi connectivity index (χ0) is 22.7. The molecular weight excluding hydrogens is 424 g/mol. The van der Waals surface area contributed by atoms with E-state index in [0.717, 1.165) is 21.9 Å². The summed E-state index contributed by atoms with van der Waals surface area (Å²) in [5, 5.41) is 15.6. The largest absolute Gasteiger partial charge is 0.490 e. The van der Waals surface area contributed by atoms with Crippen LogP contribution in [-0.4, -0.2) is 40.2 Å². The summed E-state index contributed by atoms with van der Waals surface area (Å²) in [4.78, 5) is 16.7. The number of hydrogen-bond donors (Lipinski definition) is 1. The fourth-order valence-corrected chi connectivity index (χ4v) is 4.02. The lowest BCUT2D eigenvalue weighted by atomic mass is 10.1. The topological polar surface area (TPSA) is 87.3 Å². The molecule has 0 radical (unpaired) electrons. The van der Waals surface area contributed by atoms with Gasteiger partial charge in [-0.3, -0.25) is 10.2 Å². The number of aryl methyl sites for hydroxylation is 1. The van der Waals surface area contributed by atoms with E-state index in [1.54, 1.807) is 6.08 Å². The number of rotatable bonds is 7. The van der Waals surface area contributed by atoms with E-state index in [1.165, 1.54) is 16.8 Å². The van der Waals surface area contributed by atoms with Crippen LogP contribution in [0.2, 0.25) is 0 Å². The van der Waals surface area contributed by atoms with Crippen molar-refractivity contribution in [2.24, 2.45) is 16.0 Å². The van der Waals surface area contributed by atoms with Crippen LogP contribution in [0.1, 0.15) is 25.0 Å². The predicted molar refractivity (Wildman–Crippen MR) is 128 cm³/mol. The summed E-state index contributed by atoms with van der Waals surface area (Å²) in [5.41, 5.74) is 2.02. The van der Waals surface area contributed by atoms with Gasteiger partial charge in [0.15, 0.2) is 5.84 Å². The molecule has 164 valence electrons. The van der Waals surface area contributed by atoms with Crippen LogP contribution in [0.3, 0.4) is 0 Å². The van der Waals surface area contributed by atoms with Crippen molar-refractivity contribution in [1.29, 1.82) is 5.41 Å². The molecule has 2 aromatic carbocycles. The molecular formula is C24H24N4O3S. The van der Waals surface area contributed by atoms with Gasteiger partial charge >= 0.3 is 0 Å². The molecule has 0 aliphatic carbocycles. The van der Waals surface area contributed by atoms with Crippen LogP contribution in [-0.2, 0) is 4.79 Å². The molecule has 32 heavy (non-hydrogen) atoms. The molecule has 0 atom stereocenters. The summed E-state index contributed by atoms with van der Waals surface area (Å²) in [6.07, 6.45) is 1.65. The fourth-order valence-electron chi connectivity index (χ4n) is 3.13.